The Hall–Kier alpha value is -0.660. The highest BCUT2D eigenvalue weighted by molar-refractivity contribution is 7.47. The van der Waals surface area contributed by atoms with Crippen LogP contribution in [0.4, 0.5) is 0 Å². The van der Waals surface area contributed by atoms with Gasteiger partial charge in [0.1, 0.15) is 42.7 Å². The van der Waals surface area contributed by atoms with E-state index in [1.54, 1.807) is 0 Å². The van der Waals surface area contributed by atoms with Crippen LogP contribution in [0.3, 0.4) is 0 Å². The predicted molar refractivity (Wildman–Crippen MR) is 180 cm³/mol. The van der Waals surface area contributed by atoms with Crippen molar-refractivity contribution in [3.8, 4) is 0 Å². The Balaban J connectivity index is 2.48. The number of hydrogen-bond donors (Lipinski definition) is 6. The molecule has 6 N–H and O–H groups in total. The monoisotopic (exact) mass is 698 g/mol. The molecular formula is C34H67O12P. The lowest BCUT2D eigenvalue weighted by molar-refractivity contribution is -0.220. The first kappa shape index (κ1) is 44.4. The van der Waals surface area contributed by atoms with Crippen molar-refractivity contribution in [3.05, 3.63) is 0 Å². The van der Waals surface area contributed by atoms with Gasteiger partial charge in [-0.05, 0) is 12.8 Å². The lowest BCUT2D eigenvalue weighted by Gasteiger charge is -2.41. The van der Waals surface area contributed by atoms with E-state index in [2.05, 4.69) is 13.8 Å². The molecule has 13 heteroatoms. The Labute approximate surface area is 283 Å². The number of hydrogen-bond acceptors (Lipinski definition) is 11. The van der Waals surface area contributed by atoms with Crippen LogP contribution in [0.2, 0.25) is 0 Å². The Morgan fingerprint density at radius 2 is 1.00 bits per heavy atom. The number of ether oxygens (including phenoxy) is 2. The number of esters is 1. The number of carbonyl (C=O) groups is 1. The molecule has 0 amide bonds. The minimum atomic E-state index is -4.99. The summed E-state index contributed by atoms with van der Waals surface area (Å²) in [5.74, 6) is -0.481. The molecule has 1 aliphatic carbocycles. The maximum atomic E-state index is 12.7. The molecule has 0 saturated heterocycles. The SMILES string of the molecule is CCCCCCCCCCCCCCOCC(COP(=O)(O)OC1C(O)C(O)C(O)C(O)C1O)OC(=O)CCCCCCCCCC. The number of carbonyl (C=O) groups excluding carboxylic acids is 1. The van der Waals surface area contributed by atoms with E-state index in [0.29, 0.717) is 13.0 Å². The van der Waals surface area contributed by atoms with Gasteiger partial charge in [0.15, 0.2) is 0 Å². The molecule has 12 nitrogen and oxygen atoms in total. The van der Waals surface area contributed by atoms with Gasteiger partial charge in [0, 0.05) is 13.0 Å². The van der Waals surface area contributed by atoms with Crippen molar-refractivity contribution in [2.24, 2.45) is 0 Å². The van der Waals surface area contributed by atoms with E-state index in [-0.39, 0.29) is 13.0 Å². The Morgan fingerprint density at radius 1 is 0.596 bits per heavy atom. The molecule has 6 unspecified atom stereocenters. The Morgan fingerprint density at radius 3 is 1.47 bits per heavy atom. The first-order valence-electron chi connectivity index (χ1n) is 18.4. The van der Waals surface area contributed by atoms with E-state index in [1.165, 1.54) is 83.5 Å². The summed E-state index contributed by atoms with van der Waals surface area (Å²) in [5, 5.41) is 49.8. The van der Waals surface area contributed by atoms with Gasteiger partial charge in [-0.2, -0.15) is 0 Å². The third kappa shape index (κ3) is 20.6. The molecule has 0 aromatic carbocycles. The van der Waals surface area contributed by atoms with Crippen LogP contribution in [0.1, 0.15) is 149 Å². The molecular weight excluding hydrogens is 631 g/mol. The van der Waals surface area contributed by atoms with Gasteiger partial charge >= 0.3 is 13.8 Å². The zero-order valence-electron chi connectivity index (χ0n) is 29.1. The molecule has 0 radical (unpaired) electrons. The fraction of sp³-hybridized carbons (Fsp3) is 0.971. The van der Waals surface area contributed by atoms with Crippen molar-refractivity contribution < 1.29 is 58.3 Å². The molecule has 1 saturated carbocycles. The average molecular weight is 699 g/mol. The van der Waals surface area contributed by atoms with Gasteiger partial charge in [-0.25, -0.2) is 4.57 Å². The van der Waals surface area contributed by atoms with Gasteiger partial charge in [0.05, 0.1) is 13.2 Å². The zero-order valence-corrected chi connectivity index (χ0v) is 30.0. The summed E-state index contributed by atoms with van der Waals surface area (Å²) in [7, 11) is -4.99. The molecule has 47 heavy (non-hydrogen) atoms. The molecule has 0 aromatic heterocycles. The third-order valence-electron chi connectivity index (χ3n) is 8.73. The van der Waals surface area contributed by atoms with Crippen LogP contribution in [0.25, 0.3) is 0 Å². The summed E-state index contributed by atoms with van der Waals surface area (Å²) in [5.41, 5.74) is 0. The van der Waals surface area contributed by atoms with Crippen molar-refractivity contribution >= 4 is 13.8 Å². The van der Waals surface area contributed by atoms with Crippen LogP contribution in [0.5, 0.6) is 0 Å². The molecule has 0 spiro atoms. The number of rotatable bonds is 30. The van der Waals surface area contributed by atoms with Crippen LogP contribution in [0, 0.1) is 0 Å². The molecule has 280 valence electrons. The second kappa shape index (κ2) is 27.1. The quantitative estimate of drug-likeness (QED) is 0.0316. The van der Waals surface area contributed by atoms with Gasteiger partial charge in [-0.15, -0.1) is 0 Å². The summed E-state index contributed by atoms with van der Waals surface area (Å²) in [6.07, 6.45) is 10.6. The van der Waals surface area contributed by atoms with E-state index < -0.39 is 63.1 Å². The van der Waals surface area contributed by atoms with E-state index >= 15 is 0 Å². The lowest BCUT2D eigenvalue weighted by atomic mass is 9.85. The second-order valence-corrected chi connectivity index (χ2v) is 14.5. The lowest BCUT2D eigenvalue weighted by Crippen LogP contribution is -2.64. The number of aliphatic hydroxyl groups excluding tert-OH is 5. The second-order valence-electron chi connectivity index (χ2n) is 13.1. The van der Waals surface area contributed by atoms with Crippen LogP contribution in [-0.2, 0) is 27.9 Å². The first-order valence-corrected chi connectivity index (χ1v) is 19.9. The topological polar surface area (TPSA) is 192 Å². The fourth-order valence-electron chi connectivity index (χ4n) is 5.71. The Bertz CT molecular complexity index is 802. The van der Waals surface area contributed by atoms with Crippen LogP contribution < -0.4 is 0 Å². The minimum Gasteiger partial charge on any atom is -0.457 e. The summed E-state index contributed by atoms with van der Waals surface area (Å²) in [4.78, 5) is 22.8. The fourth-order valence-corrected chi connectivity index (χ4v) is 6.68. The highest BCUT2D eigenvalue weighted by Gasteiger charge is 2.51. The van der Waals surface area contributed by atoms with Crippen LogP contribution in [0.15, 0.2) is 0 Å². The summed E-state index contributed by atoms with van der Waals surface area (Å²) < 4.78 is 33.8. The van der Waals surface area contributed by atoms with Crippen molar-refractivity contribution in [2.45, 2.75) is 191 Å². The molecule has 6 atom stereocenters. The van der Waals surface area contributed by atoms with Crippen molar-refractivity contribution in [1.29, 1.82) is 0 Å². The standard InChI is InChI=1S/C34H67O12P/c1-3-5-7-9-11-13-14-15-16-18-20-22-24-43-25-27(45-28(35)23-21-19-17-12-10-8-6-4-2)26-44-47(41,42)46-34-32(39)30(37)29(36)31(38)33(34)40/h27,29-34,36-40H,3-26H2,1-2H3,(H,41,42). The molecule has 0 heterocycles. The summed E-state index contributed by atoms with van der Waals surface area (Å²) in [6.45, 7) is 4.19. The van der Waals surface area contributed by atoms with Gasteiger partial charge in [0.2, 0.25) is 0 Å². The number of unbranched alkanes of at least 4 members (excludes halogenated alkanes) is 18. The third-order valence-corrected chi connectivity index (χ3v) is 9.72. The van der Waals surface area contributed by atoms with Crippen LogP contribution in [-0.4, -0.2) is 98.9 Å². The summed E-state index contributed by atoms with van der Waals surface area (Å²) >= 11 is 0. The van der Waals surface area contributed by atoms with E-state index in [9.17, 15) is 39.8 Å². The van der Waals surface area contributed by atoms with Crippen molar-refractivity contribution in [3.63, 3.8) is 0 Å². The zero-order chi connectivity index (χ0) is 34.9. The minimum absolute atomic E-state index is 0.0699. The van der Waals surface area contributed by atoms with Gasteiger partial charge in [0.25, 0.3) is 0 Å². The average Bonchev–Trinajstić information content (AvgIpc) is 3.05. The molecule has 0 bridgehead atoms. The molecule has 0 aromatic rings. The van der Waals surface area contributed by atoms with Crippen molar-refractivity contribution in [2.75, 3.05) is 19.8 Å². The normalized spacial score (nSPS) is 25.0. The summed E-state index contributed by atoms with van der Waals surface area (Å²) in [6, 6.07) is 0. The molecule has 0 aliphatic heterocycles. The Kier molecular flexibility index (Phi) is 25.6. The highest BCUT2D eigenvalue weighted by Crippen LogP contribution is 2.47. The predicted octanol–water partition coefficient (Wildman–Crippen LogP) is 5.47. The number of phosphoric ester groups is 1. The van der Waals surface area contributed by atoms with E-state index in [1.807, 2.05) is 0 Å². The van der Waals surface area contributed by atoms with E-state index in [0.717, 1.165) is 38.5 Å². The number of phosphoric acid groups is 1. The van der Waals surface area contributed by atoms with Gasteiger partial charge < -0.3 is 39.9 Å². The molecule has 1 fully saturated rings. The van der Waals surface area contributed by atoms with Crippen molar-refractivity contribution in [1.82, 2.24) is 0 Å². The smallest absolute Gasteiger partial charge is 0.457 e. The van der Waals surface area contributed by atoms with E-state index in [4.69, 9.17) is 18.5 Å². The van der Waals surface area contributed by atoms with Crippen LogP contribution >= 0.6 is 7.82 Å². The highest BCUT2D eigenvalue weighted by atomic mass is 31.2. The maximum Gasteiger partial charge on any atom is 0.472 e. The molecule has 1 aliphatic rings. The maximum absolute atomic E-state index is 12.7. The largest absolute Gasteiger partial charge is 0.472 e. The first-order chi connectivity index (χ1) is 22.5. The van der Waals surface area contributed by atoms with Gasteiger partial charge in [-0.3, -0.25) is 13.8 Å². The number of aliphatic hydroxyl groups is 5. The molecule has 1 rings (SSSR count). The van der Waals surface area contributed by atoms with Gasteiger partial charge in [-0.1, -0.05) is 129 Å².